The number of hydrogen-bond donors (Lipinski definition) is 1. The third kappa shape index (κ3) is 2.23. The minimum absolute atomic E-state index is 0.185. The summed E-state index contributed by atoms with van der Waals surface area (Å²) in [5.41, 5.74) is -0.185. The van der Waals surface area contributed by atoms with Gasteiger partial charge in [-0.2, -0.15) is 0 Å². The Morgan fingerprint density at radius 3 is 2.21 bits per heavy atom. The average Bonchev–Trinajstić information content (AvgIpc) is 2.02. The van der Waals surface area contributed by atoms with Crippen molar-refractivity contribution in [2.24, 2.45) is 0 Å². The van der Waals surface area contributed by atoms with E-state index in [1.807, 2.05) is 0 Å². The second kappa shape index (κ2) is 4.10. The Balaban J connectivity index is 3.10. The molecule has 0 heterocycles. The average molecular weight is 203 g/mol. The van der Waals surface area contributed by atoms with Crippen LogP contribution in [0.4, 0.5) is 8.78 Å². The fourth-order valence-electron chi connectivity index (χ4n) is 1.06. The molecule has 1 N–H and O–H groups in total. The van der Waals surface area contributed by atoms with E-state index in [1.165, 1.54) is 0 Å². The summed E-state index contributed by atoms with van der Waals surface area (Å²) in [6, 6.07) is 0.775. The first-order chi connectivity index (χ1) is 6.54. The largest absolute Gasteiger partial charge is 0.389 e. The third-order valence-electron chi connectivity index (χ3n) is 1.70. The van der Waals surface area contributed by atoms with E-state index in [-0.39, 0.29) is 5.56 Å². The van der Waals surface area contributed by atoms with Crippen LogP contribution in [-0.2, 0) is 0 Å². The van der Waals surface area contributed by atoms with E-state index >= 15 is 0 Å². The summed E-state index contributed by atoms with van der Waals surface area (Å²) in [4.78, 5) is 9.56. The van der Waals surface area contributed by atoms with Crippen LogP contribution >= 0.6 is 0 Å². The van der Waals surface area contributed by atoms with Crippen molar-refractivity contribution in [3.8, 4) is 0 Å². The van der Waals surface area contributed by atoms with Gasteiger partial charge in [0.25, 0.3) is 6.04 Å². The zero-order valence-electron chi connectivity index (χ0n) is 6.98. The van der Waals surface area contributed by atoms with E-state index in [2.05, 4.69) is 0 Å². The molecule has 0 saturated heterocycles. The molecule has 4 nitrogen and oxygen atoms in total. The lowest BCUT2D eigenvalue weighted by atomic mass is 10.1. The highest BCUT2D eigenvalue weighted by Gasteiger charge is 2.22. The fraction of sp³-hybridized carbons (Fsp3) is 0.250. The maximum atomic E-state index is 12.6. The molecule has 0 radical (unpaired) electrons. The molecule has 6 heteroatoms. The lowest BCUT2D eigenvalue weighted by molar-refractivity contribution is -0.532. The molecule has 0 amide bonds. The number of nitrogens with zero attached hydrogens (tertiary/aromatic N) is 1. The van der Waals surface area contributed by atoms with Gasteiger partial charge in [-0.25, -0.2) is 8.78 Å². The number of aliphatic hydroxyl groups is 1. The van der Waals surface area contributed by atoms with Gasteiger partial charge >= 0.3 is 0 Å². The smallest absolute Gasteiger partial charge is 0.260 e. The molecule has 76 valence electrons. The summed E-state index contributed by atoms with van der Waals surface area (Å²) >= 11 is 0. The van der Waals surface area contributed by atoms with Gasteiger partial charge in [-0.3, -0.25) is 10.1 Å². The Morgan fingerprint density at radius 1 is 1.36 bits per heavy atom. The van der Waals surface area contributed by atoms with Crippen molar-refractivity contribution in [3.63, 3.8) is 0 Å². The number of aliphatic hydroxyl groups excluding tert-OH is 1. The van der Waals surface area contributed by atoms with E-state index in [1.54, 1.807) is 0 Å². The summed E-state index contributed by atoms with van der Waals surface area (Å²) in [5.74, 6) is -1.80. The van der Waals surface area contributed by atoms with E-state index in [0.29, 0.717) is 6.07 Å². The van der Waals surface area contributed by atoms with Crippen molar-refractivity contribution in [1.29, 1.82) is 0 Å². The van der Waals surface area contributed by atoms with Gasteiger partial charge in [0.05, 0.1) is 0 Å². The Kier molecular flexibility index (Phi) is 3.08. The van der Waals surface area contributed by atoms with Crippen molar-refractivity contribution in [3.05, 3.63) is 45.5 Å². The van der Waals surface area contributed by atoms with Crippen molar-refractivity contribution in [2.75, 3.05) is 6.61 Å². The fourth-order valence-corrected chi connectivity index (χ4v) is 1.06. The zero-order valence-corrected chi connectivity index (χ0v) is 6.98. The lowest BCUT2D eigenvalue weighted by Gasteiger charge is -2.06. The lowest BCUT2D eigenvalue weighted by Crippen LogP contribution is -2.15. The number of hydrogen-bond acceptors (Lipinski definition) is 3. The van der Waals surface area contributed by atoms with E-state index in [0.717, 1.165) is 12.1 Å². The normalized spacial score (nSPS) is 12.5. The van der Waals surface area contributed by atoms with Gasteiger partial charge in [-0.05, 0) is 12.1 Å². The van der Waals surface area contributed by atoms with Crippen LogP contribution in [0.3, 0.4) is 0 Å². The molecule has 1 unspecified atom stereocenters. The van der Waals surface area contributed by atoms with Gasteiger partial charge in [0.1, 0.15) is 18.2 Å². The number of nitro groups is 1. The van der Waals surface area contributed by atoms with Gasteiger partial charge in [-0.1, -0.05) is 0 Å². The van der Waals surface area contributed by atoms with Gasteiger partial charge in [-0.15, -0.1) is 0 Å². The van der Waals surface area contributed by atoms with Crippen LogP contribution in [0.2, 0.25) is 0 Å². The van der Waals surface area contributed by atoms with Crippen molar-refractivity contribution in [2.45, 2.75) is 6.04 Å². The molecule has 14 heavy (non-hydrogen) atoms. The molecular weight excluding hydrogens is 196 g/mol. The Bertz CT molecular complexity index is 336. The highest BCUT2D eigenvalue weighted by atomic mass is 19.1. The van der Waals surface area contributed by atoms with Crippen molar-refractivity contribution < 1.29 is 18.8 Å². The van der Waals surface area contributed by atoms with Crippen LogP contribution in [0.15, 0.2) is 18.2 Å². The molecule has 1 rings (SSSR count). The zero-order chi connectivity index (χ0) is 10.7. The minimum atomic E-state index is -1.49. The number of rotatable bonds is 3. The molecule has 0 aliphatic heterocycles. The SMILES string of the molecule is O=[N+]([O-])C(CO)c1cc(F)cc(F)c1. The van der Waals surface area contributed by atoms with Crippen LogP contribution < -0.4 is 0 Å². The first kappa shape index (κ1) is 10.5. The third-order valence-corrected chi connectivity index (χ3v) is 1.70. The van der Waals surface area contributed by atoms with Gasteiger partial charge in [0.15, 0.2) is 0 Å². The Morgan fingerprint density at radius 2 is 1.86 bits per heavy atom. The predicted octanol–water partition coefficient (Wildman–Crippen LogP) is 1.27. The number of halogens is 2. The molecule has 0 bridgehead atoms. The van der Waals surface area contributed by atoms with Crippen LogP contribution in [-0.4, -0.2) is 16.6 Å². The quantitative estimate of drug-likeness (QED) is 0.594. The molecular formula is C8H7F2NO3. The summed E-state index contributed by atoms with van der Waals surface area (Å²) < 4.78 is 25.3. The maximum Gasteiger partial charge on any atom is 0.260 e. The van der Waals surface area contributed by atoms with Crippen molar-refractivity contribution in [1.82, 2.24) is 0 Å². The maximum absolute atomic E-state index is 12.6. The molecule has 0 spiro atoms. The topological polar surface area (TPSA) is 63.4 Å². The molecule has 1 aromatic carbocycles. The van der Waals surface area contributed by atoms with Crippen LogP contribution in [0.25, 0.3) is 0 Å². The van der Waals surface area contributed by atoms with Crippen LogP contribution in [0.1, 0.15) is 11.6 Å². The highest BCUT2D eigenvalue weighted by molar-refractivity contribution is 5.20. The van der Waals surface area contributed by atoms with E-state index < -0.39 is 29.2 Å². The molecule has 0 aliphatic carbocycles. The van der Waals surface area contributed by atoms with Crippen LogP contribution in [0, 0.1) is 21.7 Å². The molecule has 0 fully saturated rings. The first-order valence-electron chi connectivity index (χ1n) is 3.75. The Labute approximate surface area is 77.9 Å². The second-order valence-corrected chi connectivity index (χ2v) is 2.69. The van der Waals surface area contributed by atoms with Crippen molar-refractivity contribution >= 4 is 0 Å². The van der Waals surface area contributed by atoms with E-state index in [4.69, 9.17) is 5.11 Å². The van der Waals surface area contributed by atoms with Crippen LogP contribution in [0.5, 0.6) is 0 Å². The molecule has 0 aromatic heterocycles. The molecule has 1 aromatic rings. The highest BCUT2D eigenvalue weighted by Crippen LogP contribution is 2.18. The van der Waals surface area contributed by atoms with Gasteiger partial charge in [0.2, 0.25) is 0 Å². The standard InChI is InChI=1S/C8H7F2NO3/c9-6-1-5(2-7(10)3-6)8(4-12)11(13)14/h1-3,8,12H,4H2. The molecule has 0 aliphatic rings. The number of benzene rings is 1. The monoisotopic (exact) mass is 203 g/mol. The second-order valence-electron chi connectivity index (χ2n) is 2.69. The predicted molar refractivity (Wildman–Crippen MR) is 43.2 cm³/mol. The summed E-state index contributed by atoms with van der Waals surface area (Å²) in [6.45, 7) is -0.796. The first-order valence-corrected chi connectivity index (χ1v) is 3.75. The molecule has 1 atom stereocenters. The van der Waals surface area contributed by atoms with Gasteiger partial charge in [0, 0.05) is 16.6 Å². The minimum Gasteiger partial charge on any atom is -0.389 e. The summed E-state index contributed by atoms with van der Waals surface area (Å²) in [7, 11) is 0. The van der Waals surface area contributed by atoms with E-state index in [9.17, 15) is 18.9 Å². The molecule has 0 saturated carbocycles. The summed E-state index contributed by atoms with van der Waals surface area (Å²) in [5, 5.41) is 19.0. The summed E-state index contributed by atoms with van der Waals surface area (Å²) in [6.07, 6.45) is 0. The van der Waals surface area contributed by atoms with Gasteiger partial charge < -0.3 is 5.11 Å². The Hall–Kier alpha value is -1.56.